The molecule has 0 fully saturated rings. The summed E-state index contributed by atoms with van der Waals surface area (Å²) in [5.74, 6) is 1.47. The van der Waals surface area contributed by atoms with Gasteiger partial charge in [0, 0.05) is 43.0 Å². The van der Waals surface area contributed by atoms with Gasteiger partial charge in [-0.15, -0.1) is 0 Å². The maximum atomic E-state index is 6.11. The lowest BCUT2D eigenvalue weighted by molar-refractivity contribution is 0.476. The van der Waals surface area contributed by atoms with E-state index in [0.29, 0.717) is 17.3 Å². The van der Waals surface area contributed by atoms with E-state index in [1.165, 1.54) is 0 Å². The summed E-state index contributed by atoms with van der Waals surface area (Å²) < 4.78 is 5.88. The molecule has 2 rings (SSSR count). The van der Waals surface area contributed by atoms with Gasteiger partial charge in [-0.05, 0) is 24.3 Å². The topological polar surface area (TPSA) is 38.5 Å². The summed E-state index contributed by atoms with van der Waals surface area (Å²) in [6.07, 6.45) is 0. The molecule has 19 heavy (non-hydrogen) atoms. The van der Waals surface area contributed by atoms with Gasteiger partial charge in [0.15, 0.2) is 0 Å². The van der Waals surface area contributed by atoms with Crippen molar-refractivity contribution in [1.82, 2.24) is 0 Å². The smallest absolute Gasteiger partial charge is 0.133 e. The first-order chi connectivity index (χ1) is 9.11. The molecule has 0 aliphatic heterocycles. The average molecular weight is 277 g/mol. The lowest BCUT2D eigenvalue weighted by atomic mass is 10.2. The molecule has 0 saturated carbocycles. The van der Waals surface area contributed by atoms with E-state index in [4.69, 9.17) is 22.1 Å². The lowest BCUT2D eigenvalue weighted by Gasteiger charge is -2.15. The van der Waals surface area contributed by atoms with Crippen molar-refractivity contribution >= 4 is 17.3 Å². The van der Waals surface area contributed by atoms with Gasteiger partial charge in [0.05, 0.1) is 0 Å². The van der Waals surface area contributed by atoms with E-state index < -0.39 is 0 Å². The second-order valence-electron chi connectivity index (χ2n) is 4.41. The van der Waals surface area contributed by atoms with Crippen LogP contribution in [-0.4, -0.2) is 14.1 Å². The van der Waals surface area contributed by atoms with Crippen LogP contribution >= 0.6 is 11.6 Å². The van der Waals surface area contributed by atoms with Gasteiger partial charge in [-0.25, -0.2) is 0 Å². The molecule has 2 aromatic carbocycles. The molecule has 0 saturated heterocycles. The Labute approximate surface area is 118 Å². The Hall–Kier alpha value is -1.71. The number of halogens is 1. The Morgan fingerprint density at radius 3 is 2.58 bits per heavy atom. The molecule has 4 heteroatoms. The molecule has 0 amide bonds. The van der Waals surface area contributed by atoms with Gasteiger partial charge >= 0.3 is 0 Å². The Morgan fingerprint density at radius 1 is 1.16 bits per heavy atom. The SMILES string of the molecule is CN(C)c1cccc(Oc2cccc(Cl)c2CN)c1. The maximum Gasteiger partial charge on any atom is 0.133 e. The van der Waals surface area contributed by atoms with E-state index in [-0.39, 0.29) is 0 Å². The molecule has 2 N–H and O–H groups in total. The van der Waals surface area contributed by atoms with Crippen LogP contribution < -0.4 is 15.4 Å². The number of anilines is 1. The largest absolute Gasteiger partial charge is 0.457 e. The minimum Gasteiger partial charge on any atom is -0.457 e. The van der Waals surface area contributed by atoms with Crippen molar-refractivity contribution in [1.29, 1.82) is 0 Å². The number of benzene rings is 2. The van der Waals surface area contributed by atoms with Crippen LogP contribution in [0.25, 0.3) is 0 Å². The third-order valence-electron chi connectivity index (χ3n) is 2.84. The van der Waals surface area contributed by atoms with E-state index in [9.17, 15) is 0 Å². The van der Waals surface area contributed by atoms with Gasteiger partial charge in [-0.3, -0.25) is 0 Å². The first kappa shape index (κ1) is 13.7. The van der Waals surface area contributed by atoms with Gasteiger partial charge < -0.3 is 15.4 Å². The van der Waals surface area contributed by atoms with Crippen LogP contribution in [0.4, 0.5) is 5.69 Å². The molecule has 0 radical (unpaired) electrons. The number of hydrogen-bond acceptors (Lipinski definition) is 3. The quantitative estimate of drug-likeness (QED) is 0.926. The van der Waals surface area contributed by atoms with Crippen molar-refractivity contribution in [3.8, 4) is 11.5 Å². The molecule has 0 aliphatic carbocycles. The third kappa shape index (κ3) is 3.19. The first-order valence-corrected chi connectivity index (χ1v) is 6.42. The van der Waals surface area contributed by atoms with Gasteiger partial charge in [-0.2, -0.15) is 0 Å². The van der Waals surface area contributed by atoms with Crippen molar-refractivity contribution in [2.75, 3.05) is 19.0 Å². The summed E-state index contributed by atoms with van der Waals surface area (Å²) in [6, 6.07) is 13.4. The van der Waals surface area contributed by atoms with Crippen LogP contribution in [0.15, 0.2) is 42.5 Å². The molecule has 100 valence electrons. The van der Waals surface area contributed by atoms with Crippen LogP contribution in [0, 0.1) is 0 Å². The Morgan fingerprint density at radius 2 is 1.89 bits per heavy atom. The molecule has 0 heterocycles. The van der Waals surface area contributed by atoms with Gasteiger partial charge in [-0.1, -0.05) is 23.7 Å². The van der Waals surface area contributed by atoms with Crippen molar-refractivity contribution in [3.05, 3.63) is 53.1 Å². The predicted octanol–water partition coefficient (Wildman–Crippen LogP) is 3.66. The fraction of sp³-hybridized carbons (Fsp3) is 0.200. The second kappa shape index (κ2) is 5.95. The number of rotatable bonds is 4. The van der Waals surface area contributed by atoms with Crippen LogP contribution in [0.3, 0.4) is 0 Å². The van der Waals surface area contributed by atoms with Gasteiger partial charge in [0.1, 0.15) is 11.5 Å². The monoisotopic (exact) mass is 276 g/mol. The number of hydrogen-bond donors (Lipinski definition) is 1. The van der Waals surface area contributed by atoms with Gasteiger partial charge in [0.25, 0.3) is 0 Å². The molecule has 0 spiro atoms. The molecule has 0 bridgehead atoms. The van der Waals surface area contributed by atoms with Crippen LogP contribution in [0.5, 0.6) is 11.5 Å². The minimum atomic E-state index is 0.350. The van der Waals surface area contributed by atoms with Crippen molar-refractivity contribution in [3.63, 3.8) is 0 Å². The van der Waals surface area contributed by atoms with Crippen molar-refractivity contribution in [2.24, 2.45) is 5.73 Å². The third-order valence-corrected chi connectivity index (χ3v) is 3.20. The van der Waals surface area contributed by atoms with E-state index in [0.717, 1.165) is 17.0 Å². The first-order valence-electron chi connectivity index (χ1n) is 6.04. The highest BCUT2D eigenvalue weighted by Crippen LogP contribution is 2.31. The fourth-order valence-electron chi connectivity index (χ4n) is 1.78. The molecule has 3 nitrogen and oxygen atoms in total. The summed E-state index contributed by atoms with van der Waals surface area (Å²) >= 11 is 6.11. The molecule has 0 unspecified atom stereocenters. The van der Waals surface area contributed by atoms with Crippen molar-refractivity contribution < 1.29 is 4.74 Å². The molecule has 0 aromatic heterocycles. The zero-order valence-corrected chi connectivity index (χ0v) is 11.8. The summed E-state index contributed by atoms with van der Waals surface area (Å²) in [6.45, 7) is 0.350. The highest BCUT2D eigenvalue weighted by atomic mass is 35.5. The Kier molecular flexibility index (Phi) is 4.30. The fourth-order valence-corrected chi connectivity index (χ4v) is 2.03. The molecule has 2 aromatic rings. The second-order valence-corrected chi connectivity index (χ2v) is 4.82. The summed E-state index contributed by atoms with van der Waals surface area (Å²) in [5.41, 5.74) is 7.61. The van der Waals surface area contributed by atoms with E-state index in [1.54, 1.807) is 0 Å². The van der Waals surface area contributed by atoms with E-state index in [2.05, 4.69) is 0 Å². The van der Waals surface area contributed by atoms with E-state index >= 15 is 0 Å². The number of nitrogens with two attached hydrogens (primary N) is 1. The molecule has 0 atom stereocenters. The van der Waals surface area contributed by atoms with Crippen LogP contribution in [0.1, 0.15) is 5.56 Å². The standard InChI is InChI=1S/C15H17ClN2O/c1-18(2)11-5-3-6-12(9-11)19-15-8-4-7-14(16)13(15)10-17/h3-9H,10,17H2,1-2H3. The number of nitrogens with zero attached hydrogens (tertiary/aromatic N) is 1. The highest BCUT2D eigenvalue weighted by Gasteiger charge is 2.08. The summed E-state index contributed by atoms with van der Waals surface area (Å²) in [5, 5.41) is 0.628. The molecular formula is C15H17ClN2O. The zero-order chi connectivity index (χ0) is 13.8. The van der Waals surface area contributed by atoms with Crippen molar-refractivity contribution in [2.45, 2.75) is 6.54 Å². The Bertz CT molecular complexity index is 570. The summed E-state index contributed by atoms with van der Waals surface area (Å²) in [7, 11) is 3.98. The minimum absolute atomic E-state index is 0.350. The maximum absolute atomic E-state index is 6.11. The lowest BCUT2D eigenvalue weighted by Crippen LogP contribution is -2.08. The summed E-state index contributed by atoms with van der Waals surface area (Å²) in [4.78, 5) is 2.02. The zero-order valence-electron chi connectivity index (χ0n) is 11.1. The normalized spacial score (nSPS) is 10.3. The van der Waals surface area contributed by atoms with Gasteiger partial charge in [0.2, 0.25) is 0 Å². The predicted molar refractivity (Wildman–Crippen MR) is 80.2 cm³/mol. The van der Waals surface area contributed by atoms with Crippen LogP contribution in [-0.2, 0) is 6.54 Å². The molecule has 0 aliphatic rings. The highest BCUT2D eigenvalue weighted by molar-refractivity contribution is 6.31. The number of ether oxygens (including phenoxy) is 1. The molecular weight excluding hydrogens is 260 g/mol. The Balaban J connectivity index is 2.31. The van der Waals surface area contributed by atoms with Crippen LogP contribution in [0.2, 0.25) is 5.02 Å². The average Bonchev–Trinajstić information content (AvgIpc) is 2.39. The van der Waals surface area contributed by atoms with E-state index in [1.807, 2.05) is 61.5 Å².